The normalized spacial score (nSPS) is 14.6. The number of carboxylic acids is 1. The molecule has 3 unspecified atom stereocenters. The number of hydrogen-bond donors (Lipinski definition) is 3. The molecule has 0 heterocycles. The highest BCUT2D eigenvalue weighted by Crippen LogP contribution is 2.43. The maximum Gasteiger partial charge on any atom is 0.472 e. The molecule has 0 fully saturated rings. The predicted molar refractivity (Wildman–Crippen MR) is 249 cm³/mol. The molecule has 0 bridgehead atoms. The van der Waals surface area contributed by atoms with Gasteiger partial charge < -0.3 is 25.2 Å². The van der Waals surface area contributed by atoms with Crippen molar-refractivity contribution in [2.24, 2.45) is 5.73 Å². The van der Waals surface area contributed by atoms with Gasteiger partial charge in [0.05, 0.1) is 19.8 Å². The lowest BCUT2D eigenvalue weighted by molar-refractivity contribution is -0.154. The molecule has 0 aromatic heterocycles. The van der Waals surface area contributed by atoms with E-state index in [1.54, 1.807) is 0 Å². The van der Waals surface area contributed by atoms with Gasteiger partial charge in [-0.1, -0.05) is 182 Å². The fraction of sp³-hybridized carbons (Fsp3) is 0.673. The largest absolute Gasteiger partial charge is 0.480 e. The van der Waals surface area contributed by atoms with Gasteiger partial charge >= 0.3 is 19.8 Å². The summed E-state index contributed by atoms with van der Waals surface area (Å²) in [7, 11) is -4.63. The van der Waals surface area contributed by atoms with Crippen molar-refractivity contribution in [2.45, 2.75) is 187 Å². The maximum absolute atomic E-state index is 12.6. The molecule has 0 saturated heterocycles. The maximum atomic E-state index is 12.6. The molecule has 0 radical (unpaired) electrons. The van der Waals surface area contributed by atoms with E-state index in [0.717, 1.165) is 83.5 Å². The highest BCUT2D eigenvalue weighted by atomic mass is 31.2. The molecular weight excluding hydrogens is 778 g/mol. The van der Waals surface area contributed by atoms with E-state index >= 15 is 0 Å². The van der Waals surface area contributed by atoms with E-state index in [1.807, 2.05) is 0 Å². The zero-order valence-electron chi connectivity index (χ0n) is 37.5. The summed E-state index contributed by atoms with van der Waals surface area (Å²) in [5.41, 5.74) is 5.36. The van der Waals surface area contributed by atoms with Crippen molar-refractivity contribution in [1.82, 2.24) is 0 Å². The highest BCUT2D eigenvalue weighted by Gasteiger charge is 2.27. The molecule has 10 nitrogen and oxygen atoms in total. The van der Waals surface area contributed by atoms with Gasteiger partial charge in [0, 0.05) is 13.0 Å². The number of carbonyl (C=O) groups is 2. The molecule has 0 spiro atoms. The first-order valence-electron chi connectivity index (χ1n) is 23.1. The van der Waals surface area contributed by atoms with Gasteiger partial charge in [0.15, 0.2) is 0 Å². The minimum atomic E-state index is -4.63. The molecule has 344 valence electrons. The number of nitrogens with two attached hydrogens (primary N) is 1. The van der Waals surface area contributed by atoms with E-state index in [2.05, 4.69) is 98.9 Å². The molecule has 0 aliphatic rings. The molecule has 0 rings (SSSR count). The zero-order valence-corrected chi connectivity index (χ0v) is 38.4. The molecule has 0 aliphatic carbocycles. The quantitative estimate of drug-likeness (QED) is 0.0233. The molecular formula is C49H84NO9P. The van der Waals surface area contributed by atoms with Gasteiger partial charge in [-0.3, -0.25) is 18.6 Å². The number of phosphoric ester groups is 1. The van der Waals surface area contributed by atoms with Crippen molar-refractivity contribution in [1.29, 1.82) is 0 Å². The van der Waals surface area contributed by atoms with Crippen LogP contribution in [-0.4, -0.2) is 60.5 Å². The third kappa shape index (κ3) is 43.2. The summed E-state index contributed by atoms with van der Waals surface area (Å²) in [6.45, 7) is 3.65. The summed E-state index contributed by atoms with van der Waals surface area (Å²) < 4.78 is 33.3. The number of unbranched alkanes of at least 4 members (excludes halogenated alkanes) is 15. The van der Waals surface area contributed by atoms with Gasteiger partial charge in [-0.2, -0.15) is 0 Å². The van der Waals surface area contributed by atoms with Crippen LogP contribution >= 0.6 is 7.82 Å². The molecule has 0 amide bonds. The first-order valence-corrected chi connectivity index (χ1v) is 24.6. The zero-order chi connectivity index (χ0) is 44.0. The molecule has 4 N–H and O–H groups in total. The van der Waals surface area contributed by atoms with E-state index in [0.29, 0.717) is 13.0 Å². The fourth-order valence-electron chi connectivity index (χ4n) is 5.88. The number of carbonyl (C=O) groups excluding carboxylic acids is 1. The van der Waals surface area contributed by atoms with E-state index < -0.39 is 45.1 Å². The van der Waals surface area contributed by atoms with Crippen LogP contribution in [0.2, 0.25) is 0 Å². The first kappa shape index (κ1) is 57.1. The third-order valence-corrected chi connectivity index (χ3v) is 10.4. The van der Waals surface area contributed by atoms with Crippen LogP contribution in [0.4, 0.5) is 0 Å². The number of hydrogen-bond acceptors (Lipinski definition) is 8. The Bertz CT molecular complexity index is 1270. The van der Waals surface area contributed by atoms with Crippen LogP contribution in [-0.2, 0) is 32.7 Å². The lowest BCUT2D eigenvalue weighted by Crippen LogP contribution is -2.34. The monoisotopic (exact) mass is 862 g/mol. The topological polar surface area (TPSA) is 155 Å². The molecule has 3 atom stereocenters. The van der Waals surface area contributed by atoms with Crippen molar-refractivity contribution in [2.75, 3.05) is 26.4 Å². The van der Waals surface area contributed by atoms with Gasteiger partial charge in [0.1, 0.15) is 12.1 Å². The lowest BCUT2D eigenvalue weighted by Gasteiger charge is -2.20. The summed E-state index contributed by atoms with van der Waals surface area (Å²) in [5, 5.41) is 8.90. The van der Waals surface area contributed by atoms with Crippen LogP contribution in [0.1, 0.15) is 174 Å². The second-order valence-electron chi connectivity index (χ2n) is 15.2. The van der Waals surface area contributed by atoms with Gasteiger partial charge in [-0.15, -0.1) is 0 Å². The summed E-state index contributed by atoms with van der Waals surface area (Å²) in [4.78, 5) is 33.6. The van der Waals surface area contributed by atoms with E-state index in [4.69, 9.17) is 29.4 Å². The summed E-state index contributed by atoms with van der Waals surface area (Å²) in [5.74, 6) is -1.80. The van der Waals surface area contributed by atoms with Crippen LogP contribution in [0.25, 0.3) is 0 Å². The Balaban J connectivity index is 4.30. The van der Waals surface area contributed by atoms with Crippen LogP contribution in [0.5, 0.6) is 0 Å². The van der Waals surface area contributed by atoms with Gasteiger partial charge in [0.2, 0.25) is 0 Å². The van der Waals surface area contributed by atoms with Crippen molar-refractivity contribution < 1.29 is 42.7 Å². The summed E-state index contributed by atoms with van der Waals surface area (Å²) in [6, 6.07) is -1.48. The first-order chi connectivity index (χ1) is 29.2. The molecule has 60 heavy (non-hydrogen) atoms. The molecule has 0 aromatic carbocycles. The number of carboxylic acid groups (broad SMARTS) is 1. The van der Waals surface area contributed by atoms with E-state index in [9.17, 15) is 19.0 Å². The molecule has 0 aliphatic heterocycles. The van der Waals surface area contributed by atoms with Crippen molar-refractivity contribution in [3.05, 3.63) is 85.1 Å². The molecule has 0 aromatic rings. The van der Waals surface area contributed by atoms with Gasteiger partial charge in [-0.05, 0) is 70.6 Å². The van der Waals surface area contributed by atoms with Crippen LogP contribution < -0.4 is 5.73 Å². The number of rotatable bonds is 43. The van der Waals surface area contributed by atoms with Gasteiger partial charge in [-0.25, -0.2) is 4.57 Å². The van der Waals surface area contributed by atoms with Crippen LogP contribution in [0.3, 0.4) is 0 Å². The Morgan fingerprint density at radius 2 is 0.967 bits per heavy atom. The smallest absolute Gasteiger partial charge is 0.472 e. The molecule has 0 saturated carbocycles. The van der Waals surface area contributed by atoms with E-state index in [-0.39, 0.29) is 13.0 Å². The standard InChI is InChI=1S/C49H84NO9P/c1-3-5-7-9-11-13-15-17-19-20-21-22-23-24-25-26-27-28-30-32-34-36-38-40-42-56-43-46(44-57-60(54,55)58-45-47(50)49(52)53)59-48(51)41-39-37-35-33-31-29-18-16-14-12-10-8-6-4-2/h5,7,11,13,17,19,21-22,24-25,27-28,32,34,46-47H,3-4,6,8-10,12,14-16,18,20,23,26,29-31,33,35-45,50H2,1-2H3,(H,52,53)(H,54,55)/b7-5-,13-11-,19-17-,22-21-,25-24-,28-27-,34-32-. The second kappa shape index (κ2) is 44.2. The fourth-order valence-corrected chi connectivity index (χ4v) is 6.66. The summed E-state index contributed by atoms with van der Waals surface area (Å²) in [6.07, 6.45) is 56.4. The van der Waals surface area contributed by atoms with Crippen molar-refractivity contribution in [3.63, 3.8) is 0 Å². The summed E-state index contributed by atoms with van der Waals surface area (Å²) >= 11 is 0. The minimum absolute atomic E-state index is 0.0162. The Labute approximate surface area is 365 Å². The second-order valence-corrected chi connectivity index (χ2v) is 16.6. The Hall–Kier alpha value is -2.85. The third-order valence-electron chi connectivity index (χ3n) is 9.44. The number of allylic oxidation sites excluding steroid dienone is 14. The van der Waals surface area contributed by atoms with Crippen molar-refractivity contribution in [3.8, 4) is 0 Å². The Morgan fingerprint density at radius 3 is 1.42 bits per heavy atom. The predicted octanol–water partition coefficient (Wildman–Crippen LogP) is 13.1. The lowest BCUT2D eigenvalue weighted by atomic mass is 10.0. The SMILES string of the molecule is CC/C=C\C/C=C\C/C=C\C/C=C\C/C=C\C/C=C\C/C=C\CCCCOCC(COP(=O)(O)OCC(N)C(=O)O)OC(=O)CCCCCCCCCCCCCCCC. The van der Waals surface area contributed by atoms with E-state index in [1.165, 1.54) is 64.2 Å². The van der Waals surface area contributed by atoms with Crippen molar-refractivity contribution >= 4 is 19.8 Å². The average molecular weight is 862 g/mol. The number of ether oxygens (including phenoxy) is 2. The van der Waals surface area contributed by atoms with Crippen LogP contribution in [0.15, 0.2) is 85.1 Å². The Morgan fingerprint density at radius 1 is 0.550 bits per heavy atom. The Kier molecular flexibility index (Phi) is 42.1. The number of esters is 1. The van der Waals surface area contributed by atoms with Gasteiger partial charge in [0.25, 0.3) is 0 Å². The highest BCUT2D eigenvalue weighted by molar-refractivity contribution is 7.47. The number of phosphoric acid groups is 1. The minimum Gasteiger partial charge on any atom is -0.480 e. The average Bonchev–Trinajstić information content (AvgIpc) is 3.23. The number of aliphatic carboxylic acids is 1. The van der Waals surface area contributed by atoms with Crippen LogP contribution in [0, 0.1) is 0 Å². The molecule has 11 heteroatoms.